The van der Waals surface area contributed by atoms with Crippen LogP contribution in [0, 0.1) is 5.21 Å². The fraction of sp³-hybridized carbons (Fsp3) is 0.0625. The Morgan fingerprint density at radius 2 is 1.91 bits per heavy atom. The van der Waals surface area contributed by atoms with Gasteiger partial charge in [0.1, 0.15) is 0 Å². The second-order valence-corrected chi connectivity index (χ2v) is 4.61. The van der Waals surface area contributed by atoms with Crippen molar-refractivity contribution in [3.63, 3.8) is 0 Å². The Morgan fingerprint density at radius 3 is 2.64 bits per heavy atom. The minimum atomic E-state index is -0.292. The van der Waals surface area contributed by atoms with Gasteiger partial charge >= 0.3 is 0 Å². The normalized spacial score (nSPS) is 10.4. The number of hydrogen-bond donors (Lipinski definition) is 1. The lowest BCUT2D eigenvalue weighted by atomic mass is 10.2. The molecule has 22 heavy (non-hydrogen) atoms. The Morgan fingerprint density at radius 1 is 1.18 bits per heavy atom. The molecule has 0 saturated carbocycles. The van der Waals surface area contributed by atoms with Gasteiger partial charge in [-0.2, -0.15) is 4.73 Å². The maximum absolute atomic E-state index is 11.9. The molecule has 110 valence electrons. The second kappa shape index (κ2) is 6.09. The van der Waals surface area contributed by atoms with E-state index in [1.165, 1.54) is 24.5 Å². The number of hydrogen-bond acceptors (Lipinski definition) is 4. The van der Waals surface area contributed by atoms with Crippen LogP contribution in [-0.2, 0) is 6.54 Å². The summed E-state index contributed by atoms with van der Waals surface area (Å²) in [4.78, 5) is 16.1. The van der Waals surface area contributed by atoms with Crippen LogP contribution in [0.15, 0.2) is 65.5 Å². The van der Waals surface area contributed by atoms with Crippen molar-refractivity contribution in [1.82, 2.24) is 10.3 Å². The molecular weight excluding hydrogens is 282 g/mol. The molecule has 1 amide bonds. The van der Waals surface area contributed by atoms with Crippen LogP contribution in [0.4, 0.5) is 0 Å². The summed E-state index contributed by atoms with van der Waals surface area (Å²) in [6.45, 7) is 0.179. The first kappa shape index (κ1) is 13.8. The molecule has 0 saturated heterocycles. The third kappa shape index (κ3) is 3.12. The summed E-state index contributed by atoms with van der Waals surface area (Å²) < 4.78 is 6.22. The van der Waals surface area contributed by atoms with Crippen molar-refractivity contribution in [2.45, 2.75) is 6.54 Å². The van der Waals surface area contributed by atoms with Crippen molar-refractivity contribution >= 4 is 5.91 Å². The van der Waals surface area contributed by atoms with Crippen molar-refractivity contribution in [2.24, 2.45) is 0 Å². The standard InChI is InChI=1S/C16H13N3O3/c20-16(13-6-8-19(21)9-7-13)18-11-15-17-10-14(22-15)12-4-2-1-3-5-12/h1-10H,11H2,(H,18,20). The smallest absolute Gasteiger partial charge is 0.252 e. The lowest BCUT2D eigenvalue weighted by molar-refractivity contribution is -0.605. The van der Waals surface area contributed by atoms with E-state index in [9.17, 15) is 10.0 Å². The molecule has 0 aliphatic carbocycles. The highest BCUT2D eigenvalue weighted by Crippen LogP contribution is 2.19. The van der Waals surface area contributed by atoms with Crippen molar-refractivity contribution in [3.8, 4) is 11.3 Å². The quantitative estimate of drug-likeness (QED) is 0.588. The van der Waals surface area contributed by atoms with Crippen molar-refractivity contribution in [2.75, 3.05) is 0 Å². The molecule has 0 aliphatic heterocycles. The van der Waals surface area contributed by atoms with E-state index in [2.05, 4.69) is 10.3 Å². The van der Waals surface area contributed by atoms with E-state index in [-0.39, 0.29) is 12.5 Å². The Kier molecular flexibility index (Phi) is 3.82. The molecule has 6 nitrogen and oxygen atoms in total. The average molecular weight is 295 g/mol. The minimum absolute atomic E-state index is 0.179. The van der Waals surface area contributed by atoms with Crippen LogP contribution in [0.25, 0.3) is 11.3 Å². The predicted molar refractivity (Wildman–Crippen MR) is 78.5 cm³/mol. The van der Waals surface area contributed by atoms with Gasteiger partial charge in [-0.3, -0.25) is 4.79 Å². The molecule has 3 aromatic rings. The summed E-state index contributed by atoms with van der Waals surface area (Å²) in [5, 5.41) is 13.6. The lowest BCUT2D eigenvalue weighted by Gasteiger charge is -2.02. The molecule has 2 heterocycles. The van der Waals surface area contributed by atoms with Gasteiger partial charge in [0.25, 0.3) is 5.91 Å². The Bertz CT molecular complexity index is 767. The van der Waals surface area contributed by atoms with Crippen molar-refractivity contribution in [1.29, 1.82) is 0 Å². The highest BCUT2D eigenvalue weighted by Gasteiger charge is 2.10. The highest BCUT2D eigenvalue weighted by molar-refractivity contribution is 5.93. The molecular formula is C16H13N3O3. The van der Waals surface area contributed by atoms with Crippen LogP contribution in [0.1, 0.15) is 16.2 Å². The summed E-state index contributed by atoms with van der Waals surface area (Å²) in [7, 11) is 0. The molecule has 0 unspecified atom stereocenters. The van der Waals surface area contributed by atoms with Crippen LogP contribution in [0.3, 0.4) is 0 Å². The predicted octanol–water partition coefficient (Wildman–Crippen LogP) is 1.91. The van der Waals surface area contributed by atoms with Gasteiger partial charge in [0.05, 0.1) is 18.3 Å². The molecule has 0 radical (unpaired) electrons. The zero-order valence-corrected chi connectivity index (χ0v) is 11.6. The summed E-state index contributed by atoms with van der Waals surface area (Å²) in [6.07, 6.45) is 4.17. The zero-order valence-electron chi connectivity index (χ0n) is 11.6. The second-order valence-electron chi connectivity index (χ2n) is 4.61. The number of benzene rings is 1. The number of carbonyl (C=O) groups is 1. The number of rotatable bonds is 4. The third-order valence-electron chi connectivity index (χ3n) is 3.08. The highest BCUT2D eigenvalue weighted by atomic mass is 16.5. The van der Waals surface area contributed by atoms with Gasteiger partial charge in [-0.15, -0.1) is 0 Å². The van der Waals surface area contributed by atoms with Crippen molar-refractivity contribution in [3.05, 3.63) is 77.7 Å². The fourth-order valence-electron chi connectivity index (χ4n) is 1.95. The fourth-order valence-corrected chi connectivity index (χ4v) is 1.95. The van der Waals surface area contributed by atoms with E-state index in [4.69, 9.17) is 4.42 Å². The minimum Gasteiger partial charge on any atom is -0.619 e. The number of oxazole rings is 1. The van der Waals surface area contributed by atoms with Crippen LogP contribution in [0.5, 0.6) is 0 Å². The van der Waals surface area contributed by atoms with Crippen LogP contribution < -0.4 is 10.0 Å². The van der Waals surface area contributed by atoms with Gasteiger partial charge in [0.2, 0.25) is 5.89 Å². The lowest BCUT2D eigenvalue weighted by Crippen LogP contribution is -2.27. The first-order chi connectivity index (χ1) is 10.7. The van der Waals surface area contributed by atoms with E-state index < -0.39 is 0 Å². The number of nitrogens with zero attached hydrogens (tertiary/aromatic N) is 2. The van der Waals surface area contributed by atoms with Gasteiger partial charge in [0, 0.05) is 17.7 Å². The van der Waals surface area contributed by atoms with Gasteiger partial charge in [0.15, 0.2) is 18.2 Å². The molecule has 0 fully saturated rings. The maximum Gasteiger partial charge on any atom is 0.252 e. The first-order valence-electron chi connectivity index (χ1n) is 6.69. The first-order valence-corrected chi connectivity index (χ1v) is 6.69. The zero-order chi connectivity index (χ0) is 15.4. The Balaban J connectivity index is 1.64. The van der Waals surface area contributed by atoms with Gasteiger partial charge in [-0.05, 0) is 0 Å². The number of aromatic nitrogens is 2. The SMILES string of the molecule is O=C(NCc1ncc(-c2ccccc2)o1)c1cc[n+]([O-])cc1. The summed E-state index contributed by atoms with van der Waals surface area (Å²) in [5.41, 5.74) is 1.33. The van der Waals surface area contributed by atoms with Gasteiger partial charge in [-0.1, -0.05) is 30.3 Å². The van der Waals surface area contributed by atoms with Crippen LogP contribution >= 0.6 is 0 Å². The summed E-state index contributed by atoms with van der Waals surface area (Å²) >= 11 is 0. The number of nitrogens with one attached hydrogen (secondary N) is 1. The van der Waals surface area contributed by atoms with Gasteiger partial charge < -0.3 is 14.9 Å². The largest absolute Gasteiger partial charge is 0.619 e. The molecule has 1 aromatic carbocycles. The van der Waals surface area contributed by atoms with Crippen LogP contribution in [0.2, 0.25) is 0 Å². The Labute approximate surface area is 126 Å². The third-order valence-corrected chi connectivity index (χ3v) is 3.08. The summed E-state index contributed by atoms with van der Waals surface area (Å²) in [5.74, 6) is 0.777. The van der Waals surface area contributed by atoms with Gasteiger partial charge in [-0.25, -0.2) is 4.98 Å². The molecule has 0 spiro atoms. The number of amides is 1. The van der Waals surface area contributed by atoms with E-state index in [0.717, 1.165) is 5.56 Å². The molecule has 3 rings (SSSR count). The van der Waals surface area contributed by atoms with Crippen LogP contribution in [-0.4, -0.2) is 10.9 Å². The number of carbonyl (C=O) groups excluding carboxylic acids is 1. The van der Waals surface area contributed by atoms with E-state index in [1.807, 2.05) is 30.3 Å². The molecule has 0 atom stereocenters. The Hall–Kier alpha value is -3.15. The molecule has 0 bridgehead atoms. The summed E-state index contributed by atoms with van der Waals surface area (Å²) in [6, 6.07) is 12.5. The topological polar surface area (TPSA) is 82.1 Å². The van der Waals surface area contributed by atoms with E-state index in [1.54, 1.807) is 6.20 Å². The maximum atomic E-state index is 11.9. The van der Waals surface area contributed by atoms with Crippen molar-refractivity contribution < 1.29 is 13.9 Å². The number of pyridine rings is 1. The average Bonchev–Trinajstić information content (AvgIpc) is 3.03. The monoisotopic (exact) mass is 295 g/mol. The molecule has 2 aromatic heterocycles. The molecule has 1 N–H and O–H groups in total. The van der Waals surface area contributed by atoms with E-state index in [0.29, 0.717) is 21.9 Å². The van der Waals surface area contributed by atoms with E-state index >= 15 is 0 Å². The molecule has 0 aliphatic rings. The molecule has 6 heteroatoms.